The molecule has 0 unspecified atom stereocenters. The second-order valence-electron chi connectivity index (χ2n) is 4.34. The van der Waals surface area contributed by atoms with Crippen LogP contribution in [0.1, 0.15) is 25.1 Å². The fourth-order valence-corrected chi connectivity index (χ4v) is 2.05. The average Bonchev–Trinajstić information content (AvgIpc) is 2.55. The smallest absolute Gasteiger partial charge is 0.323 e. The Morgan fingerprint density at radius 2 is 2.44 bits per heavy atom. The van der Waals surface area contributed by atoms with Crippen molar-refractivity contribution in [2.75, 3.05) is 6.54 Å². The van der Waals surface area contributed by atoms with Gasteiger partial charge in [0.2, 0.25) is 0 Å². The van der Waals surface area contributed by atoms with E-state index < -0.39 is 11.5 Å². The number of hydrogen-bond donors (Lipinski definition) is 2. The van der Waals surface area contributed by atoms with E-state index in [1.54, 1.807) is 6.20 Å². The zero-order valence-electron chi connectivity index (χ0n) is 9.44. The molecule has 1 aromatic heterocycles. The van der Waals surface area contributed by atoms with Crippen molar-refractivity contribution < 1.29 is 9.90 Å². The molecule has 16 heavy (non-hydrogen) atoms. The molecule has 1 saturated carbocycles. The molecule has 1 aliphatic rings. The molecule has 2 rings (SSSR count). The van der Waals surface area contributed by atoms with E-state index in [9.17, 15) is 4.79 Å². The van der Waals surface area contributed by atoms with Gasteiger partial charge in [-0.3, -0.25) is 4.79 Å². The molecule has 0 spiro atoms. The molecule has 0 saturated heterocycles. The fraction of sp³-hybridized carbons (Fsp3) is 0.636. The molecule has 1 aromatic rings. The fourth-order valence-electron chi connectivity index (χ4n) is 2.05. The van der Waals surface area contributed by atoms with Crippen molar-refractivity contribution in [2.45, 2.75) is 38.3 Å². The minimum atomic E-state index is -0.721. The van der Waals surface area contributed by atoms with Crippen LogP contribution in [-0.2, 0) is 11.3 Å². The van der Waals surface area contributed by atoms with Crippen LogP contribution in [0.4, 0.5) is 0 Å². The zero-order valence-corrected chi connectivity index (χ0v) is 9.44. The number of hydrogen-bond acceptors (Lipinski definition) is 3. The van der Waals surface area contributed by atoms with Gasteiger partial charge in [0.15, 0.2) is 0 Å². The third kappa shape index (κ3) is 1.95. The molecule has 0 atom stereocenters. The number of carboxylic acid groups (broad SMARTS) is 1. The van der Waals surface area contributed by atoms with Crippen molar-refractivity contribution in [3.63, 3.8) is 0 Å². The van der Waals surface area contributed by atoms with Crippen molar-refractivity contribution >= 4 is 5.97 Å². The lowest BCUT2D eigenvalue weighted by molar-refractivity contribution is -0.148. The summed E-state index contributed by atoms with van der Waals surface area (Å²) in [5, 5.41) is 12.3. The maximum Gasteiger partial charge on any atom is 0.323 e. The van der Waals surface area contributed by atoms with Crippen LogP contribution in [0.25, 0.3) is 0 Å². The maximum atomic E-state index is 11.1. The van der Waals surface area contributed by atoms with Gasteiger partial charge in [-0.05, 0) is 26.2 Å². The van der Waals surface area contributed by atoms with E-state index in [2.05, 4.69) is 10.3 Å². The highest BCUT2D eigenvalue weighted by molar-refractivity contribution is 5.79. The first-order valence-electron chi connectivity index (χ1n) is 5.60. The number of carboxylic acids is 1. The van der Waals surface area contributed by atoms with Gasteiger partial charge < -0.3 is 15.0 Å². The van der Waals surface area contributed by atoms with E-state index in [-0.39, 0.29) is 0 Å². The van der Waals surface area contributed by atoms with Crippen molar-refractivity contribution in [1.29, 1.82) is 0 Å². The van der Waals surface area contributed by atoms with Gasteiger partial charge in [-0.2, -0.15) is 0 Å². The predicted octanol–water partition coefficient (Wildman–Crippen LogP) is 0.788. The molecule has 1 aliphatic carbocycles. The summed E-state index contributed by atoms with van der Waals surface area (Å²) in [6.07, 6.45) is 6.15. The van der Waals surface area contributed by atoms with Gasteiger partial charge in [-0.25, -0.2) is 4.98 Å². The van der Waals surface area contributed by atoms with E-state index in [0.717, 1.165) is 31.6 Å². The molecule has 88 valence electrons. The first-order valence-corrected chi connectivity index (χ1v) is 5.60. The van der Waals surface area contributed by atoms with Crippen LogP contribution >= 0.6 is 0 Å². The lowest BCUT2D eigenvalue weighted by Crippen LogP contribution is -2.57. The molecular formula is C11H17N3O2. The first-order chi connectivity index (χ1) is 7.64. The molecule has 5 heteroatoms. The second-order valence-corrected chi connectivity index (χ2v) is 4.34. The summed E-state index contributed by atoms with van der Waals surface area (Å²) in [5.74, 6) is 0.237. The highest BCUT2D eigenvalue weighted by Crippen LogP contribution is 2.31. The number of imidazole rings is 1. The molecule has 0 bridgehead atoms. The molecule has 0 aromatic carbocycles. The molecule has 0 radical (unpaired) electrons. The minimum Gasteiger partial charge on any atom is -0.480 e. The predicted molar refractivity (Wildman–Crippen MR) is 59.2 cm³/mol. The summed E-state index contributed by atoms with van der Waals surface area (Å²) in [6.45, 7) is 3.38. The Morgan fingerprint density at radius 1 is 1.69 bits per heavy atom. The third-order valence-corrected chi connectivity index (χ3v) is 3.36. The van der Waals surface area contributed by atoms with Crippen LogP contribution in [0, 0.1) is 6.92 Å². The Kier molecular flexibility index (Phi) is 2.96. The first kappa shape index (κ1) is 11.1. The Labute approximate surface area is 94.5 Å². The highest BCUT2D eigenvalue weighted by atomic mass is 16.4. The second kappa shape index (κ2) is 4.25. The standard InChI is InChI=1S/C11H17N3O2/c1-9-12-5-7-14(9)8-6-13-11(10(15)16)3-2-4-11/h5,7,13H,2-4,6,8H2,1H3,(H,15,16). The quantitative estimate of drug-likeness (QED) is 0.774. The summed E-state index contributed by atoms with van der Waals surface area (Å²) in [7, 11) is 0. The number of rotatable bonds is 5. The van der Waals surface area contributed by atoms with Crippen molar-refractivity contribution in [3.8, 4) is 0 Å². The van der Waals surface area contributed by atoms with E-state index in [0.29, 0.717) is 6.54 Å². The summed E-state index contributed by atoms with van der Waals surface area (Å²) in [4.78, 5) is 15.2. The topological polar surface area (TPSA) is 67.2 Å². The summed E-state index contributed by atoms with van der Waals surface area (Å²) < 4.78 is 2.02. The van der Waals surface area contributed by atoms with Crippen molar-refractivity contribution in [2.24, 2.45) is 0 Å². The number of nitrogens with zero attached hydrogens (tertiary/aromatic N) is 2. The van der Waals surface area contributed by atoms with Crippen LogP contribution in [0.2, 0.25) is 0 Å². The van der Waals surface area contributed by atoms with Gasteiger partial charge in [0.1, 0.15) is 11.4 Å². The van der Waals surface area contributed by atoms with Gasteiger partial charge in [0.25, 0.3) is 0 Å². The molecule has 0 aliphatic heterocycles. The highest BCUT2D eigenvalue weighted by Gasteiger charge is 2.43. The lowest BCUT2D eigenvalue weighted by Gasteiger charge is -2.38. The average molecular weight is 223 g/mol. The van der Waals surface area contributed by atoms with Crippen molar-refractivity contribution in [1.82, 2.24) is 14.9 Å². The largest absolute Gasteiger partial charge is 0.480 e. The van der Waals surface area contributed by atoms with E-state index in [1.165, 1.54) is 0 Å². The van der Waals surface area contributed by atoms with Crippen LogP contribution in [0.3, 0.4) is 0 Å². The van der Waals surface area contributed by atoms with Crippen LogP contribution in [-0.4, -0.2) is 32.7 Å². The molecule has 5 nitrogen and oxygen atoms in total. The summed E-state index contributed by atoms with van der Waals surface area (Å²) in [5.41, 5.74) is -0.658. The number of carbonyl (C=O) groups is 1. The Balaban J connectivity index is 1.84. The number of aliphatic carboxylic acids is 1. The van der Waals surface area contributed by atoms with Gasteiger partial charge in [0.05, 0.1) is 0 Å². The van der Waals surface area contributed by atoms with E-state index in [4.69, 9.17) is 5.11 Å². The summed E-state index contributed by atoms with van der Waals surface area (Å²) in [6, 6.07) is 0. The third-order valence-electron chi connectivity index (χ3n) is 3.36. The van der Waals surface area contributed by atoms with Crippen LogP contribution in [0.5, 0.6) is 0 Å². The van der Waals surface area contributed by atoms with Crippen molar-refractivity contribution in [3.05, 3.63) is 18.2 Å². The maximum absolute atomic E-state index is 11.1. The Hall–Kier alpha value is -1.36. The van der Waals surface area contributed by atoms with Crippen LogP contribution < -0.4 is 5.32 Å². The van der Waals surface area contributed by atoms with Gasteiger partial charge in [-0.1, -0.05) is 0 Å². The van der Waals surface area contributed by atoms with E-state index in [1.807, 2.05) is 17.7 Å². The Bertz CT molecular complexity index is 382. The SMILES string of the molecule is Cc1nccn1CCNC1(C(=O)O)CCC1. The lowest BCUT2D eigenvalue weighted by atomic mass is 9.77. The number of aromatic nitrogens is 2. The number of nitrogens with one attached hydrogen (secondary N) is 1. The van der Waals surface area contributed by atoms with Gasteiger partial charge in [0, 0.05) is 25.5 Å². The molecule has 1 heterocycles. The summed E-state index contributed by atoms with van der Waals surface area (Å²) >= 11 is 0. The van der Waals surface area contributed by atoms with Crippen LogP contribution in [0.15, 0.2) is 12.4 Å². The molecular weight excluding hydrogens is 206 g/mol. The Morgan fingerprint density at radius 3 is 2.88 bits per heavy atom. The number of aryl methyl sites for hydroxylation is 1. The molecule has 2 N–H and O–H groups in total. The zero-order chi connectivity index (χ0) is 11.6. The minimum absolute atomic E-state index is 0.658. The van der Waals surface area contributed by atoms with E-state index >= 15 is 0 Å². The van der Waals surface area contributed by atoms with Gasteiger partial charge >= 0.3 is 5.97 Å². The molecule has 1 fully saturated rings. The normalized spacial score (nSPS) is 18.1. The van der Waals surface area contributed by atoms with Gasteiger partial charge in [-0.15, -0.1) is 0 Å². The monoisotopic (exact) mass is 223 g/mol. The molecule has 0 amide bonds.